The first-order valence-electron chi connectivity index (χ1n) is 9.43. The minimum atomic E-state index is -0.570. The van der Waals surface area contributed by atoms with Crippen molar-refractivity contribution in [2.75, 3.05) is 0 Å². The second-order valence-electron chi connectivity index (χ2n) is 6.91. The largest absolute Gasteiger partial charge is 0.380 e. The highest BCUT2D eigenvalue weighted by molar-refractivity contribution is 5.08. The van der Waals surface area contributed by atoms with E-state index in [1.165, 1.54) is 51.4 Å². The van der Waals surface area contributed by atoms with Crippen LogP contribution in [0.5, 0.6) is 0 Å². The van der Waals surface area contributed by atoms with Crippen molar-refractivity contribution >= 4 is 0 Å². The molecule has 0 aromatic heterocycles. The summed E-state index contributed by atoms with van der Waals surface area (Å²) in [4.78, 5) is 0. The van der Waals surface area contributed by atoms with Crippen LogP contribution in [0.2, 0.25) is 0 Å². The lowest BCUT2D eigenvalue weighted by molar-refractivity contribution is 0.206. The summed E-state index contributed by atoms with van der Waals surface area (Å²) in [7, 11) is 0. The van der Waals surface area contributed by atoms with Crippen molar-refractivity contribution in [2.45, 2.75) is 110 Å². The molecule has 0 aromatic carbocycles. The molecule has 2 heteroatoms. The molecule has 0 spiro atoms. The Morgan fingerprint density at radius 2 is 1.05 bits per heavy atom. The van der Waals surface area contributed by atoms with E-state index in [9.17, 15) is 10.2 Å². The van der Waals surface area contributed by atoms with Gasteiger partial charge in [-0.05, 0) is 31.6 Å². The van der Waals surface area contributed by atoms with E-state index in [0.717, 1.165) is 31.6 Å². The Morgan fingerprint density at radius 3 is 1.45 bits per heavy atom. The van der Waals surface area contributed by atoms with Crippen molar-refractivity contribution in [1.82, 2.24) is 0 Å². The van der Waals surface area contributed by atoms with Crippen molar-refractivity contribution in [1.29, 1.82) is 0 Å². The van der Waals surface area contributed by atoms with Crippen LogP contribution in [0.4, 0.5) is 0 Å². The molecule has 0 saturated heterocycles. The lowest BCUT2D eigenvalue weighted by atomic mass is 10.0. The lowest BCUT2D eigenvalue weighted by Gasteiger charge is -2.06. The molecule has 22 heavy (non-hydrogen) atoms. The molecule has 0 aliphatic rings. The van der Waals surface area contributed by atoms with Gasteiger partial charge in [0.2, 0.25) is 0 Å². The third-order valence-corrected chi connectivity index (χ3v) is 4.01. The molecule has 0 aromatic rings. The zero-order valence-corrected chi connectivity index (χ0v) is 15.1. The highest BCUT2D eigenvalue weighted by Gasteiger charge is 2.02. The first-order valence-corrected chi connectivity index (χ1v) is 9.43. The van der Waals surface area contributed by atoms with Crippen LogP contribution < -0.4 is 0 Å². The number of aliphatic hydroxyl groups is 2. The Bertz CT molecular complexity index is 288. The maximum Gasteiger partial charge on any atom is 0.114 e. The summed E-state index contributed by atoms with van der Waals surface area (Å²) in [6.07, 6.45) is 12.3. The predicted molar refractivity (Wildman–Crippen MR) is 95.7 cm³/mol. The van der Waals surface area contributed by atoms with Gasteiger partial charge in [0.25, 0.3) is 0 Å². The number of rotatable bonds is 13. The van der Waals surface area contributed by atoms with E-state index in [1.54, 1.807) is 0 Å². The molecule has 2 atom stereocenters. The van der Waals surface area contributed by atoms with E-state index in [2.05, 4.69) is 32.6 Å². The molecule has 0 rings (SSSR count). The maximum atomic E-state index is 9.80. The quantitative estimate of drug-likeness (QED) is 0.368. The van der Waals surface area contributed by atoms with Crippen molar-refractivity contribution in [3.8, 4) is 11.8 Å². The average molecular weight is 311 g/mol. The smallest absolute Gasteiger partial charge is 0.114 e. The van der Waals surface area contributed by atoms with Crippen molar-refractivity contribution in [3.05, 3.63) is 0 Å². The lowest BCUT2D eigenvalue weighted by Crippen LogP contribution is -2.07. The molecule has 0 bridgehead atoms. The maximum absolute atomic E-state index is 9.80. The van der Waals surface area contributed by atoms with E-state index in [0.29, 0.717) is 0 Å². The van der Waals surface area contributed by atoms with Crippen LogP contribution in [-0.2, 0) is 0 Å². The van der Waals surface area contributed by atoms with Gasteiger partial charge in [-0.15, -0.1) is 0 Å². The molecule has 0 saturated carbocycles. The Balaban J connectivity index is 3.55. The minimum absolute atomic E-state index is 0.567. The Labute approximate surface area is 138 Å². The third-order valence-electron chi connectivity index (χ3n) is 4.01. The number of unbranched alkanes of at least 4 members (excludes halogenated alkanes) is 7. The van der Waals surface area contributed by atoms with Crippen molar-refractivity contribution < 1.29 is 10.2 Å². The first-order chi connectivity index (χ1) is 10.6. The molecule has 0 heterocycles. The fourth-order valence-electron chi connectivity index (χ4n) is 2.52. The summed E-state index contributed by atoms with van der Waals surface area (Å²) in [6, 6.07) is 0. The molecule has 2 nitrogen and oxygen atoms in total. The van der Waals surface area contributed by atoms with E-state index >= 15 is 0 Å². The first kappa shape index (κ1) is 21.5. The van der Waals surface area contributed by atoms with E-state index < -0.39 is 12.2 Å². The number of hydrogen-bond acceptors (Lipinski definition) is 2. The highest BCUT2D eigenvalue weighted by Crippen LogP contribution is 2.11. The topological polar surface area (TPSA) is 40.5 Å². The van der Waals surface area contributed by atoms with Gasteiger partial charge in [-0.1, -0.05) is 84.0 Å². The summed E-state index contributed by atoms with van der Waals surface area (Å²) in [6.45, 7) is 6.72. The van der Waals surface area contributed by atoms with Gasteiger partial charge in [-0.3, -0.25) is 0 Å². The minimum Gasteiger partial charge on any atom is -0.380 e. The molecule has 2 N–H and O–H groups in total. The van der Waals surface area contributed by atoms with Crippen LogP contribution in [0.25, 0.3) is 0 Å². The third kappa shape index (κ3) is 15.9. The SMILES string of the molecule is CCCCCCCC(O)C#CC(O)CCCCCCC(C)C. The van der Waals surface area contributed by atoms with Crippen molar-refractivity contribution in [3.63, 3.8) is 0 Å². The molecule has 0 fully saturated rings. The normalized spacial score (nSPS) is 13.7. The summed E-state index contributed by atoms with van der Waals surface area (Å²) < 4.78 is 0. The van der Waals surface area contributed by atoms with Crippen LogP contribution in [-0.4, -0.2) is 22.4 Å². The van der Waals surface area contributed by atoms with E-state index in [4.69, 9.17) is 0 Å². The molecule has 0 aliphatic carbocycles. The fourth-order valence-corrected chi connectivity index (χ4v) is 2.52. The Morgan fingerprint density at radius 1 is 0.636 bits per heavy atom. The molecular formula is C20H38O2. The standard InChI is InChI=1S/C20H38O2/c1-4-5-6-7-11-14-19(21)16-17-20(22)15-12-9-8-10-13-18(2)3/h18-22H,4-15H2,1-3H3. The second-order valence-corrected chi connectivity index (χ2v) is 6.91. The van der Waals surface area contributed by atoms with Crippen LogP contribution in [0, 0.1) is 17.8 Å². The average Bonchev–Trinajstić information content (AvgIpc) is 2.48. The van der Waals surface area contributed by atoms with Crippen LogP contribution in [0.15, 0.2) is 0 Å². The molecule has 130 valence electrons. The summed E-state index contributed by atoms with van der Waals surface area (Å²) in [5, 5.41) is 19.6. The van der Waals surface area contributed by atoms with E-state index in [1.807, 2.05) is 0 Å². The van der Waals surface area contributed by atoms with Gasteiger partial charge in [0.1, 0.15) is 12.2 Å². The second kappa shape index (κ2) is 15.4. The van der Waals surface area contributed by atoms with Gasteiger partial charge >= 0.3 is 0 Å². The number of aliphatic hydroxyl groups excluding tert-OH is 2. The van der Waals surface area contributed by atoms with Gasteiger partial charge < -0.3 is 10.2 Å². The van der Waals surface area contributed by atoms with Crippen LogP contribution >= 0.6 is 0 Å². The van der Waals surface area contributed by atoms with E-state index in [-0.39, 0.29) is 0 Å². The summed E-state index contributed by atoms with van der Waals surface area (Å²) in [5.74, 6) is 6.39. The van der Waals surface area contributed by atoms with Gasteiger partial charge in [-0.25, -0.2) is 0 Å². The molecule has 0 radical (unpaired) electrons. The Hall–Kier alpha value is -0.520. The zero-order chi connectivity index (χ0) is 16.6. The van der Waals surface area contributed by atoms with Gasteiger partial charge in [0.05, 0.1) is 0 Å². The number of hydrogen-bond donors (Lipinski definition) is 2. The monoisotopic (exact) mass is 310 g/mol. The Kier molecular flexibility index (Phi) is 15.0. The molecular weight excluding hydrogens is 272 g/mol. The fraction of sp³-hybridized carbons (Fsp3) is 0.900. The van der Waals surface area contributed by atoms with Crippen LogP contribution in [0.3, 0.4) is 0 Å². The highest BCUT2D eigenvalue weighted by atomic mass is 16.3. The predicted octanol–water partition coefficient (Wildman–Crippen LogP) is 5.07. The van der Waals surface area contributed by atoms with Gasteiger partial charge in [0.15, 0.2) is 0 Å². The summed E-state index contributed by atoms with van der Waals surface area (Å²) in [5.41, 5.74) is 0. The molecule has 0 aliphatic heterocycles. The summed E-state index contributed by atoms with van der Waals surface area (Å²) >= 11 is 0. The van der Waals surface area contributed by atoms with Gasteiger partial charge in [0, 0.05) is 0 Å². The zero-order valence-electron chi connectivity index (χ0n) is 15.1. The molecule has 2 unspecified atom stereocenters. The van der Waals surface area contributed by atoms with Crippen LogP contribution in [0.1, 0.15) is 97.8 Å². The van der Waals surface area contributed by atoms with Gasteiger partial charge in [-0.2, -0.15) is 0 Å². The van der Waals surface area contributed by atoms with Crippen molar-refractivity contribution in [2.24, 2.45) is 5.92 Å². The molecule has 0 amide bonds.